The molecule has 1 fully saturated rings. The Kier molecular flexibility index (Phi) is 4.38. The fraction of sp³-hybridized carbons (Fsp3) is 0.467. The van der Waals surface area contributed by atoms with Gasteiger partial charge in [0, 0.05) is 13.1 Å². The molecule has 3 heterocycles. The van der Waals surface area contributed by atoms with Crippen LogP contribution in [0.1, 0.15) is 17.7 Å². The number of hydrogen-bond donors (Lipinski definition) is 1. The summed E-state index contributed by atoms with van der Waals surface area (Å²) in [6, 6.07) is -0.636. The van der Waals surface area contributed by atoms with Crippen molar-refractivity contribution in [3.8, 4) is 12.3 Å². The standard InChI is InChI=1S/C15H17F2N5O2S/c1-4-10-9(2)22-13(14(10)17)7-18-15(20-22)19-12-5-6-21(8-11(12)16)25(3,23)24/h1,7,11-12H,5-6,8H2,2-3H3,(H,19,20)/t11-,12-/m1/s1. The van der Waals surface area contributed by atoms with Crippen LogP contribution in [0.25, 0.3) is 5.52 Å². The molecule has 0 aliphatic carbocycles. The van der Waals surface area contributed by atoms with E-state index in [0.717, 1.165) is 10.6 Å². The van der Waals surface area contributed by atoms with Gasteiger partial charge in [0.05, 0.1) is 29.8 Å². The van der Waals surface area contributed by atoms with Crippen molar-refractivity contribution in [2.24, 2.45) is 0 Å². The number of aryl methyl sites for hydroxylation is 1. The minimum absolute atomic E-state index is 0.108. The molecule has 2 atom stereocenters. The van der Waals surface area contributed by atoms with Crippen LogP contribution < -0.4 is 5.32 Å². The van der Waals surface area contributed by atoms with Crippen LogP contribution in [0.5, 0.6) is 0 Å². The lowest BCUT2D eigenvalue weighted by Gasteiger charge is -2.33. The minimum Gasteiger partial charge on any atom is -0.347 e. The van der Waals surface area contributed by atoms with Crippen molar-refractivity contribution in [1.82, 2.24) is 18.9 Å². The summed E-state index contributed by atoms with van der Waals surface area (Å²) in [4.78, 5) is 4.00. The fourth-order valence-corrected chi connectivity index (χ4v) is 3.74. The second kappa shape index (κ2) is 6.24. The van der Waals surface area contributed by atoms with Gasteiger partial charge in [-0.15, -0.1) is 11.5 Å². The maximum Gasteiger partial charge on any atom is 0.241 e. The van der Waals surface area contributed by atoms with Gasteiger partial charge in [-0.25, -0.2) is 26.7 Å². The molecular weight excluding hydrogens is 352 g/mol. The number of hydrogen-bond acceptors (Lipinski definition) is 5. The summed E-state index contributed by atoms with van der Waals surface area (Å²) in [7, 11) is -3.42. The molecule has 0 spiro atoms. The molecule has 2 aromatic heterocycles. The highest BCUT2D eigenvalue weighted by molar-refractivity contribution is 7.88. The van der Waals surface area contributed by atoms with Gasteiger partial charge in [0.1, 0.15) is 11.7 Å². The predicted molar refractivity (Wildman–Crippen MR) is 89.0 cm³/mol. The zero-order chi connectivity index (χ0) is 18.4. The average molecular weight is 369 g/mol. The first-order valence-corrected chi connectivity index (χ1v) is 9.43. The molecule has 0 amide bonds. The number of nitrogens with one attached hydrogen (secondary N) is 1. The first-order chi connectivity index (χ1) is 11.7. The van der Waals surface area contributed by atoms with Gasteiger partial charge in [0.2, 0.25) is 16.0 Å². The molecule has 0 radical (unpaired) electrons. The molecule has 2 aromatic rings. The molecular formula is C15H17F2N5O2S. The van der Waals surface area contributed by atoms with Crippen molar-refractivity contribution in [3.05, 3.63) is 23.3 Å². The van der Waals surface area contributed by atoms with Crippen molar-refractivity contribution < 1.29 is 17.2 Å². The summed E-state index contributed by atoms with van der Waals surface area (Å²) in [5.74, 6) is 1.82. The van der Waals surface area contributed by atoms with Crippen LogP contribution in [0.15, 0.2) is 6.20 Å². The Morgan fingerprint density at radius 1 is 1.48 bits per heavy atom. The van der Waals surface area contributed by atoms with Crippen molar-refractivity contribution in [2.75, 3.05) is 24.7 Å². The first-order valence-electron chi connectivity index (χ1n) is 7.58. The van der Waals surface area contributed by atoms with E-state index in [2.05, 4.69) is 21.3 Å². The lowest BCUT2D eigenvalue weighted by Crippen LogP contribution is -2.49. The van der Waals surface area contributed by atoms with E-state index in [9.17, 15) is 17.2 Å². The summed E-state index contributed by atoms with van der Waals surface area (Å²) < 4.78 is 53.8. The molecule has 134 valence electrons. The van der Waals surface area contributed by atoms with E-state index in [1.54, 1.807) is 6.92 Å². The molecule has 25 heavy (non-hydrogen) atoms. The third kappa shape index (κ3) is 3.17. The number of piperidine rings is 1. The largest absolute Gasteiger partial charge is 0.347 e. The Labute approximate surface area is 144 Å². The highest BCUT2D eigenvalue weighted by atomic mass is 32.2. The average Bonchev–Trinajstić information content (AvgIpc) is 2.79. The Balaban J connectivity index is 1.82. The van der Waals surface area contributed by atoms with Crippen LogP contribution in [-0.2, 0) is 10.0 Å². The SMILES string of the molecule is C#Cc1c(F)c2cnc(N[C@@H]3CCN(S(C)(=O)=O)C[C@H]3F)nn2c1C. The smallest absolute Gasteiger partial charge is 0.241 e. The summed E-state index contributed by atoms with van der Waals surface area (Å²) in [6.07, 6.45) is 6.48. The van der Waals surface area contributed by atoms with E-state index in [1.165, 1.54) is 10.7 Å². The van der Waals surface area contributed by atoms with Crippen LogP contribution in [0.3, 0.4) is 0 Å². The van der Waals surface area contributed by atoms with Gasteiger partial charge in [-0.1, -0.05) is 5.92 Å². The second-order valence-corrected chi connectivity index (χ2v) is 7.96. The molecule has 0 saturated carbocycles. The molecule has 0 aromatic carbocycles. The number of anilines is 1. The van der Waals surface area contributed by atoms with Crippen molar-refractivity contribution >= 4 is 21.5 Å². The zero-order valence-electron chi connectivity index (χ0n) is 13.7. The molecule has 1 N–H and O–H groups in total. The van der Waals surface area contributed by atoms with E-state index < -0.39 is 28.1 Å². The molecule has 0 bridgehead atoms. The van der Waals surface area contributed by atoms with Gasteiger partial charge in [-0.05, 0) is 13.3 Å². The Bertz CT molecular complexity index is 966. The highest BCUT2D eigenvalue weighted by Crippen LogP contribution is 2.22. The van der Waals surface area contributed by atoms with Gasteiger partial charge in [0.15, 0.2) is 5.82 Å². The zero-order valence-corrected chi connectivity index (χ0v) is 14.5. The van der Waals surface area contributed by atoms with E-state index >= 15 is 0 Å². The normalized spacial score (nSPS) is 22.0. The van der Waals surface area contributed by atoms with Crippen LogP contribution in [0.4, 0.5) is 14.7 Å². The molecule has 3 rings (SSSR count). The quantitative estimate of drug-likeness (QED) is 0.815. The molecule has 7 nitrogen and oxygen atoms in total. The monoisotopic (exact) mass is 369 g/mol. The van der Waals surface area contributed by atoms with Crippen molar-refractivity contribution in [1.29, 1.82) is 0 Å². The second-order valence-electron chi connectivity index (χ2n) is 5.97. The first kappa shape index (κ1) is 17.6. The lowest BCUT2D eigenvalue weighted by molar-refractivity contribution is 0.186. The minimum atomic E-state index is -3.42. The number of sulfonamides is 1. The number of fused-ring (bicyclic) bond motifs is 1. The van der Waals surface area contributed by atoms with Crippen molar-refractivity contribution in [2.45, 2.75) is 25.6 Å². The van der Waals surface area contributed by atoms with Crippen molar-refractivity contribution in [3.63, 3.8) is 0 Å². The number of aromatic nitrogens is 3. The van der Waals surface area contributed by atoms with E-state index in [1.807, 2.05) is 0 Å². The predicted octanol–water partition coefficient (Wildman–Crippen LogP) is 0.942. The number of nitrogens with zero attached hydrogens (tertiary/aromatic N) is 4. The van der Waals surface area contributed by atoms with Gasteiger partial charge in [0.25, 0.3) is 0 Å². The molecule has 0 unspecified atom stereocenters. The van der Waals surface area contributed by atoms with Crippen LogP contribution in [-0.4, -0.2) is 58.9 Å². The topological polar surface area (TPSA) is 79.6 Å². The van der Waals surface area contributed by atoms with Gasteiger partial charge in [-0.3, -0.25) is 0 Å². The molecule has 1 saturated heterocycles. The number of rotatable bonds is 3. The lowest BCUT2D eigenvalue weighted by atomic mass is 10.1. The third-order valence-corrected chi connectivity index (χ3v) is 5.56. The highest BCUT2D eigenvalue weighted by Gasteiger charge is 2.33. The maximum atomic E-state index is 14.3. The van der Waals surface area contributed by atoms with Gasteiger partial charge < -0.3 is 5.32 Å². The summed E-state index contributed by atoms with van der Waals surface area (Å²) in [5, 5.41) is 7.02. The number of terminal acetylenes is 1. The fourth-order valence-electron chi connectivity index (χ4n) is 2.89. The van der Waals surface area contributed by atoms with Crippen LogP contribution in [0.2, 0.25) is 0 Å². The molecule has 10 heteroatoms. The van der Waals surface area contributed by atoms with Gasteiger partial charge >= 0.3 is 0 Å². The van der Waals surface area contributed by atoms with Crippen LogP contribution in [0, 0.1) is 25.1 Å². The van der Waals surface area contributed by atoms with E-state index in [0.29, 0.717) is 5.69 Å². The Morgan fingerprint density at radius 3 is 2.80 bits per heavy atom. The molecule has 1 aliphatic heterocycles. The molecule has 1 aliphatic rings. The van der Waals surface area contributed by atoms with Crippen LogP contribution >= 0.6 is 0 Å². The summed E-state index contributed by atoms with van der Waals surface area (Å²) >= 11 is 0. The maximum absolute atomic E-state index is 14.3. The van der Waals surface area contributed by atoms with Gasteiger partial charge in [-0.2, -0.15) is 4.31 Å². The van der Waals surface area contributed by atoms with E-state index in [4.69, 9.17) is 6.42 Å². The van der Waals surface area contributed by atoms with E-state index in [-0.39, 0.29) is 36.5 Å². The Morgan fingerprint density at radius 2 is 2.20 bits per heavy atom. The summed E-state index contributed by atoms with van der Waals surface area (Å²) in [5.41, 5.74) is 0.695. The number of alkyl halides is 1. The number of halogens is 2. The summed E-state index contributed by atoms with van der Waals surface area (Å²) in [6.45, 7) is 1.61. The third-order valence-electron chi connectivity index (χ3n) is 4.29. The Hall–Kier alpha value is -2.25.